The van der Waals surface area contributed by atoms with Gasteiger partial charge in [-0.3, -0.25) is 0 Å². The summed E-state index contributed by atoms with van der Waals surface area (Å²) >= 11 is 6.16. The van der Waals surface area contributed by atoms with Gasteiger partial charge >= 0.3 is 0 Å². The highest BCUT2D eigenvalue weighted by molar-refractivity contribution is 6.33. The Bertz CT molecular complexity index is 409. The van der Waals surface area contributed by atoms with E-state index >= 15 is 0 Å². The fourth-order valence-electron chi connectivity index (χ4n) is 2.10. The van der Waals surface area contributed by atoms with Crippen LogP contribution in [-0.2, 0) is 0 Å². The summed E-state index contributed by atoms with van der Waals surface area (Å²) in [6.45, 7) is 3.27. The summed E-state index contributed by atoms with van der Waals surface area (Å²) in [5, 5.41) is 9.43. The molecule has 1 saturated heterocycles. The molecule has 0 N–H and O–H groups in total. The summed E-state index contributed by atoms with van der Waals surface area (Å²) in [7, 11) is 0. The molecule has 1 aromatic carbocycles. The molecule has 1 atom stereocenters. The molecule has 78 valence electrons. The van der Waals surface area contributed by atoms with Crippen molar-refractivity contribution in [2.45, 2.75) is 25.8 Å². The van der Waals surface area contributed by atoms with Gasteiger partial charge in [0.05, 0.1) is 22.3 Å². The van der Waals surface area contributed by atoms with Crippen molar-refractivity contribution in [3.8, 4) is 6.07 Å². The second kappa shape index (κ2) is 4.12. The molecule has 1 aliphatic rings. The molecule has 1 unspecified atom stereocenters. The lowest BCUT2D eigenvalue weighted by molar-refractivity contribution is 0.735. The molecule has 0 radical (unpaired) electrons. The van der Waals surface area contributed by atoms with Gasteiger partial charge in [0.15, 0.2) is 0 Å². The molecule has 2 nitrogen and oxygen atoms in total. The van der Waals surface area contributed by atoms with Crippen molar-refractivity contribution in [3.05, 3.63) is 28.8 Å². The third kappa shape index (κ3) is 1.93. The normalized spacial score (nSPS) is 20.3. The fraction of sp³-hybridized carbons (Fsp3) is 0.417. The molecule has 0 aliphatic carbocycles. The topological polar surface area (TPSA) is 27.0 Å². The Hall–Kier alpha value is -1.20. The highest BCUT2D eigenvalue weighted by Crippen LogP contribution is 2.32. The largest absolute Gasteiger partial charge is 0.368 e. The molecular weight excluding hydrogens is 208 g/mol. The van der Waals surface area contributed by atoms with Crippen LogP contribution in [0.25, 0.3) is 0 Å². The van der Waals surface area contributed by atoms with Crippen LogP contribution >= 0.6 is 11.6 Å². The van der Waals surface area contributed by atoms with E-state index in [1.165, 1.54) is 12.8 Å². The third-order valence-corrected chi connectivity index (χ3v) is 3.24. The maximum atomic E-state index is 8.75. The number of hydrogen-bond acceptors (Lipinski definition) is 2. The van der Waals surface area contributed by atoms with E-state index in [0.29, 0.717) is 16.6 Å². The lowest BCUT2D eigenvalue weighted by atomic mass is 10.2. The van der Waals surface area contributed by atoms with Gasteiger partial charge < -0.3 is 4.90 Å². The van der Waals surface area contributed by atoms with E-state index in [1.807, 2.05) is 12.1 Å². The molecular formula is C12H13ClN2. The first-order chi connectivity index (χ1) is 7.22. The fourth-order valence-corrected chi connectivity index (χ4v) is 2.39. The van der Waals surface area contributed by atoms with E-state index < -0.39 is 0 Å². The lowest BCUT2D eigenvalue weighted by Gasteiger charge is -2.24. The number of benzene rings is 1. The number of hydrogen-bond donors (Lipinski definition) is 0. The van der Waals surface area contributed by atoms with Gasteiger partial charge in [-0.1, -0.05) is 11.6 Å². The van der Waals surface area contributed by atoms with Crippen molar-refractivity contribution in [1.82, 2.24) is 0 Å². The third-order valence-electron chi connectivity index (χ3n) is 2.94. The van der Waals surface area contributed by atoms with Crippen molar-refractivity contribution < 1.29 is 0 Å². The smallest absolute Gasteiger partial charge is 0.0992 e. The summed E-state index contributed by atoms with van der Waals surface area (Å²) < 4.78 is 0. The number of nitrogens with zero attached hydrogens (tertiary/aromatic N) is 2. The monoisotopic (exact) mass is 220 g/mol. The van der Waals surface area contributed by atoms with Crippen LogP contribution in [-0.4, -0.2) is 12.6 Å². The Morgan fingerprint density at radius 3 is 2.87 bits per heavy atom. The standard InChI is InChI=1S/C12H13ClN2/c1-9-3-2-6-15(9)12-5-4-10(8-14)7-11(12)13/h4-5,7,9H,2-3,6H2,1H3. The van der Waals surface area contributed by atoms with Crippen LogP contribution < -0.4 is 4.90 Å². The SMILES string of the molecule is CC1CCCN1c1ccc(C#N)cc1Cl. The molecule has 15 heavy (non-hydrogen) atoms. The minimum Gasteiger partial charge on any atom is -0.368 e. The van der Waals surface area contributed by atoms with Crippen molar-refractivity contribution in [2.24, 2.45) is 0 Å². The highest BCUT2D eigenvalue weighted by Gasteiger charge is 2.22. The van der Waals surface area contributed by atoms with Gasteiger partial charge in [-0.05, 0) is 38.0 Å². The van der Waals surface area contributed by atoms with Crippen molar-refractivity contribution in [1.29, 1.82) is 5.26 Å². The molecule has 0 saturated carbocycles. The Morgan fingerprint density at radius 2 is 2.33 bits per heavy atom. The first-order valence-electron chi connectivity index (χ1n) is 5.18. The molecule has 1 fully saturated rings. The minimum absolute atomic E-state index is 0.551. The van der Waals surface area contributed by atoms with E-state index in [-0.39, 0.29) is 0 Å². The zero-order chi connectivity index (χ0) is 10.8. The first-order valence-corrected chi connectivity index (χ1v) is 5.56. The van der Waals surface area contributed by atoms with E-state index in [4.69, 9.17) is 16.9 Å². The number of nitriles is 1. The van der Waals surface area contributed by atoms with E-state index in [1.54, 1.807) is 6.07 Å². The van der Waals surface area contributed by atoms with Gasteiger partial charge in [0.2, 0.25) is 0 Å². The van der Waals surface area contributed by atoms with Gasteiger partial charge in [-0.2, -0.15) is 5.26 Å². The molecule has 0 amide bonds. The predicted molar refractivity (Wildman–Crippen MR) is 62.2 cm³/mol. The molecule has 0 spiro atoms. The van der Waals surface area contributed by atoms with Gasteiger partial charge in [-0.15, -0.1) is 0 Å². The Balaban J connectivity index is 2.33. The molecule has 1 aromatic rings. The van der Waals surface area contributed by atoms with Crippen LogP contribution in [0.2, 0.25) is 5.02 Å². The summed E-state index contributed by atoms with van der Waals surface area (Å²) in [5.74, 6) is 0. The van der Waals surface area contributed by atoms with E-state index in [2.05, 4.69) is 17.9 Å². The number of rotatable bonds is 1. The summed E-state index contributed by atoms with van der Waals surface area (Å²) in [4.78, 5) is 2.31. The predicted octanol–water partition coefficient (Wildman–Crippen LogP) is 3.20. The van der Waals surface area contributed by atoms with E-state index in [9.17, 15) is 0 Å². The van der Waals surface area contributed by atoms with E-state index in [0.717, 1.165) is 12.2 Å². The van der Waals surface area contributed by atoms with Crippen LogP contribution in [0.1, 0.15) is 25.3 Å². The highest BCUT2D eigenvalue weighted by atomic mass is 35.5. The van der Waals surface area contributed by atoms with Gasteiger partial charge in [-0.25, -0.2) is 0 Å². The Morgan fingerprint density at radius 1 is 1.53 bits per heavy atom. The van der Waals surface area contributed by atoms with Gasteiger partial charge in [0, 0.05) is 12.6 Å². The summed E-state index contributed by atoms with van der Waals surface area (Å²) in [5.41, 5.74) is 1.68. The van der Waals surface area contributed by atoms with Crippen LogP contribution in [0, 0.1) is 11.3 Å². The first kappa shape index (κ1) is 10.3. The second-order valence-electron chi connectivity index (χ2n) is 3.96. The molecule has 2 rings (SSSR count). The zero-order valence-corrected chi connectivity index (χ0v) is 9.46. The van der Waals surface area contributed by atoms with Crippen molar-refractivity contribution >= 4 is 17.3 Å². The molecule has 1 aliphatic heterocycles. The maximum absolute atomic E-state index is 8.75. The molecule has 0 aromatic heterocycles. The quantitative estimate of drug-likeness (QED) is 0.727. The van der Waals surface area contributed by atoms with Gasteiger partial charge in [0.1, 0.15) is 0 Å². The minimum atomic E-state index is 0.551. The molecule has 3 heteroatoms. The summed E-state index contributed by atoms with van der Waals surface area (Å²) in [6.07, 6.45) is 2.44. The average Bonchev–Trinajstić information content (AvgIpc) is 2.64. The molecule has 1 heterocycles. The second-order valence-corrected chi connectivity index (χ2v) is 4.37. The van der Waals surface area contributed by atoms with Crippen molar-refractivity contribution in [3.63, 3.8) is 0 Å². The summed E-state index contributed by atoms with van der Waals surface area (Å²) in [6, 6.07) is 8.16. The van der Waals surface area contributed by atoms with Crippen LogP contribution in [0.5, 0.6) is 0 Å². The lowest BCUT2D eigenvalue weighted by Crippen LogP contribution is -2.26. The maximum Gasteiger partial charge on any atom is 0.0992 e. The number of anilines is 1. The zero-order valence-electron chi connectivity index (χ0n) is 8.70. The Labute approximate surface area is 95.1 Å². The Kier molecular flexibility index (Phi) is 2.83. The van der Waals surface area contributed by atoms with Crippen LogP contribution in [0.3, 0.4) is 0 Å². The van der Waals surface area contributed by atoms with Crippen molar-refractivity contribution in [2.75, 3.05) is 11.4 Å². The van der Waals surface area contributed by atoms with Crippen LogP contribution in [0.15, 0.2) is 18.2 Å². The number of halogens is 1. The average molecular weight is 221 g/mol. The van der Waals surface area contributed by atoms with Crippen LogP contribution in [0.4, 0.5) is 5.69 Å². The molecule has 0 bridgehead atoms. The van der Waals surface area contributed by atoms with Gasteiger partial charge in [0.25, 0.3) is 0 Å².